The standard InChI is InChI=1S/C15H13ClN4O2/c1-2-17-15(21)22-11-5-3-4-10(8-11)13-6-7-18-14-12(16)9-19-20(13)14/h3-9H,2H2,1H3,(H,17,21). The number of carbonyl (C=O) groups is 1. The molecular formula is C15H13ClN4O2. The summed E-state index contributed by atoms with van der Waals surface area (Å²) in [5, 5.41) is 7.28. The Balaban J connectivity index is 1.99. The van der Waals surface area contributed by atoms with Crippen LogP contribution in [0, 0.1) is 0 Å². The fourth-order valence-corrected chi connectivity index (χ4v) is 2.26. The van der Waals surface area contributed by atoms with Gasteiger partial charge < -0.3 is 10.1 Å². The molecule has 0 radical (unpaired) electrons. The second kappa shape index (κ2) is 6.03. The molecule has 2 aromatic heterocycles. The van der Waals surface area contributed by atoms with Gasteiger partial charge in [-0.1, -0.05) is 23.7 Å². The minimum atomic E-state index is -0.485. The third-order valence-electron chi connectivity index (χ3n) is 3.02. The molecule has 0 saturated carbocycles. The Hall–Kier alpha value is -2.60. The number of rotatable bonds is 3. The Morgan fingerprint density at radius 3 is 3.09 bits per heavy atom. The molecule has 2 heterocycles. The molecule has 1 amide bonds. The summed E-state index contributed by atoms with van der Waals surface area (Å²) in [6, 6.07) is 9.00. The number of nitrogens with one attached hydrogen (secondary N) is 1. The lowest BCUT2D eigenvalue weighted by Crippen LogP contribution is -2.26. The molecule has 0 bridgehead atoms. The fourth-order valence-electron chi connectivity index (χ4n) is 2.09. The third kappa shape index (κ3) is 2.73. The van der Waals surface area contributed by atoms with Gasteiger partial charge in [0.1, 0.15) is 10.8 Å². The first-order valence-corrected chi connectivity index (χ1v) is 7.11. The number of ether oxygens (including phenoxy) is 1. The zero-order valence-electron chi connectivity index (χ0n) is 11.8. The number of hydrogen-bond acceptors (Lipinski definition) is 4. The van der Waals surface area contributed by atoms with Crippen molar-refractivity contribution in [1.82, 2.24) is 19.9 Å². The van der Waals surface area contributed by atoms with E-state index >= 15 is 0 Å². The van der Waals surface area contributed by atoms with E-state index in [2.05, 4.69) is 15.4 Å². The van der Waals surface area contributed by atoms with Gasteiger partial charge in [-0.15, -0.1) is 0 Å². The molecule has 0 saturated heterocycles. The van der Waals surface area contributed by atoms with Crippen molar-refractivity contribution in [3.8, 4) is 17.0 Å². The maximum Gasteiger partial charge on any atom is 0.412 e. The van der Waals surface area contributed by atoms with E-state index in [1.807, 2.05) is 19.1 Å². The van der Waals surface area contributed by atoms with Crippen molar-refractivity contribution >= 4 is 23.3 Å². The van der Waals surface area contributed by atoms with Crippen LogP contribution in [-0.4, -0.2) is 27.2 Å². The molecule has 0 spiro atoms. The molecule has 7 heteroatoms. The lowest BCUT2D eigenvalue weighted by molar-refractivity contribution is 0.201. The minimum absolute atomic E-state index is 0.451. The van der Waals surface area contributed by atoms with Crippen LogP contribution < -0.4 is 10.1 Å². The molecule has 0 aliphatic carbocycles. The summed E-state index contributed by atoms with van der Waals surface area (Å²) in [7, 11) is 0. The highest BCUT2D eigenvalue weighted by Crippen LogP contribution is 2.25. The zero-order chi connectivity index (χ0) is 15.5. The van der Waals surface area contributed by atoms with Gasteiger partial charge in [0, 0.05) is 18.3 Å². The molecule has 0 atom stereocenters. The molecule has 0 aliphatic rings. The summed E-state index contributed by atoms with van der Waals surface area (Å²) in [6.45, 7) is 2.34. The van der Waals surface area contributed by atoms with E-state index in [1.165, 1.54) is 0 Å². The highest BCUT2D eigenvalue weighted by Gasteiger charge is 2.10. The van der Waals surface area contributed by atoms with Gasteiger partial charge in [0.25, 0.3) is 0 Å². The zero-order valence-corrected chi connectivity index (χ0v) is 12.5. The molecule has 3 rings (SSSR count). The van der Waals surface area contributed by atoms with Crippen molar-refractivity contribution in [3.63, 3.8) is 0 Å². The number of benzene rings is 1. The van der Waals surface area contributed by atoms with Crippen LogP contribution in [0.5, 0.6) is 5.75 Å². The van der Waals surface area contributed by atoms with Crippen LogP contribution in [-0.2, 0) is 0 Å². The van der Waals surface area contributed by atoms with Crippen molar-refractivity contribution in [2.24, 2.45) is 0 Å². The van der Waals surface area contributed by atoms with Gasteiger partial charge in [-0.05, 0) is 25.1 Å². The Kier molecular flexibility index (Phi) is 3.93. The van der Waals surface area contributed by atoms with E-state index in [4.69, 9.17) is 16.3 Å². The summed E-state index contributed by atoms with van der Waals surface area (Å²) in [4.78, 5) is 15.7. The molecule has 1 aromatic carbocycles. The lowest BCUT2D eigenvalue weighted by atomic mass is 10.1. The Bertz CT molecular complexity index is 831. The van der Waals surface area contributed by atoms with E-state index in [1.54, 1.807) is 35.1 Å². The van der Waals surface area contributed by atoms with Gasteiger partial charge in [0.05, 0.1) is 11.9 Å². The van der Waals surface area contributed by atoms with Crippen LogP contribution in [0.4, 0.5) is 4.79 Å². The summed E-state index contributed by atoms with van der Waals surface area (Å²) < 4.78 is 6.86. The largest absolute Gasteiger partial charge is 0.412 e. The highest BCUT2D eigenvalue weighted by atomic mass is 35.5. The Morgan fingerprint density at radius 2 is 2.27 bits per heavy atom. The predicted octanol–water partition coefficient (Wildman–Crippen LogP) is 3.16. The van der Waals surface area contributed by atoms with E-state index in [-0.39, 0.29) is 0 Å². The second-order valence-corrected chi connectivity index (χ2v) is 4.91. The molecule has 3 aromatic rings. The second-order valence-electron chi connectivity index (χ2n) is 4.51. The van der Waals surface area contributed by atoms with Gasteiger partial charge in [0.15, 0.2) is 5.65 Å². The molecular weight excluding hydrogens is 304 g/mol. The van der Waals surface area contributed by atoms with Crippen LogP contribution in [0.15, 0.2) is 42.7 Å². The predicted molar refractivity (Wildman–Crippen MR) is 83.1 cm³/mol. The SMILES string of the molecule is CCNC(=O)Oc1cccc(-c2ccnc3c(Cl)cnn23)c1. The van der Waals surface area contributed by atoms with E-state index in [0.29, 0.717) is 23.0 Å². The lowest BCUT2D eigenvalue weighted by Gasteiger charge is -2.08. The summed E-state index contributed by atoms with van der Waals surface area (Å²) in [5.74, 6) is 0.451. The topological polar surface area (TPSA) is 68.5 Å². The van der Waals surface area contributed by atoms with Gasteiger partial charge >= 0.3 is 6.09 Å². The number of nitrogens with zero attached hydrogens (tertiary/aromatic N) is 3. The average molecular weight is 317 g/mol. The number of fused-ring (bicyclic) bond motifs is 1. The van der Waals surface area contributed by atoms with Gasteiger partial charge in [-0.2, -0.15) is 5.10 Å². The van der Waals surface area contributed by atoms with Crippen LogP contribution >= 0.6 is 11.6 Å². The van der Waals surface area contributed by atoms with E-state index in [9.17, 15) is 4.79 Å². The minimum Gasteiger partial charge on any atom is -0.410 e. The molecule has 6 nitrogen and oxygen atoms in total. The monoisotopic (exact) mass is 316 g/mol. The number of halogens is 1. The number of carbonyl (C=O) groups excluding carboxylic acids is 1. The van der Waals surface area contributed by atoms with E-state index < -0.39 is 6.09 Å². The van der Waals surface area contributed by atoms with Crippen LogP contribution in [0.25, 0.3) is 16.9 Å². The third-order valence-corrected chi connectivity index (χ3v) is 3.29. The molecule has 1 N–H and O–H groups in total. The smallest absolute Gasteiger partial charge is 0.410 e. The Morgan fingerprint density at radius 1 is 1.41 bits per heavy atom. The quantitative estimate of drug-likeness (QED) is 0.806. The molecule has 0 fully saturated rings. The van der Waals surface area contributed by atoms with Crippen molar-refractivity contribution in [1.29, 1.82) is 0 Å². The summed E-state index contributed by atoms with van der Waals surface area (Å²) in [5.41, 5.74) is 2.22. The first-order valence-electron chi connectivity index (χ1n) is 6.73. The molecule has 22 heavy (non-hydrogen) atoms. The van der Waals surface area contributed by atoms with Crippen molar-refractivity contribution in [2.45, 2.75) is 6.92 Å². The first kappa shape index (κ1) is 14.3. The molecule has 0 aliphatic heterocycles. The van der Waals surface area contributed by atoms with Gasteiger partial charge in [0.2, 0.25) is 0 Å². The number of hydrogen-bond donors (Lipinski definition) is 1. The summed E-state index contributed by atoms with van der Waals surface area (Å²) >= 11 is 6.04. The van der Waals surface area contributed by atoms with Crippen LogP contribution in [0.1, 0.15) is 6.92 Å². The maximum atomic E-state index is 11.5. The van der Waals surface area contributed by atoms with Crippen molar-refractivity contribution < 1.29 is 9.53 Å². The molecule has 112 valence electrons. The molecule has 0 unspecified atom stereocenters. The fraction of sp³-hybridized carbons (Fsp3) is 0.133. The van der Waals surface area contributed by atoms with Crippen LogP contribution in [0.2, 0.25) is 5.02 Å². The number of amides is 1. The van der Waals surface area contributed by atoms with E-state index in [0.717, 1.165) is 11.3 Å². The van der Waals surface area contributed by atoms with Crippen molar-refractivity contribution in [2.75, 3.05) is 6.54 Å². The van der Waals surface area contributed by atoms with Crippen LogP contribution in [0.3, 0.4) is 0 Å². The first-order chi connectivity index (χ1) is 10.7. The van der Waals surface area contributed by atoms with Crippen molar-refractivity contribution in [3.05, 3.63) is 47.7 Å². The van der Waals surface area contributed by atoms with Gasteiger partial charge in [-0.25, -0.2) is 14.3 Å². The highest BCUT2D eigenvalue weighted by molar-refractivity contribution is 6.33. The van der Waals surface area contributed by atoms with Gasteiger partial charge in [-0.3, -0.25) is 0 Å². The summed E-state index contributed by atoms with van der Waals surface area (Å²) in [6.07, 6.45) is 2.72. The normalized spacial score (nSPS) is 10.6. The maximum absolute atomic E-state index is 11.5. The Labute approximate surface area is 131 Å². The number of aromatic nitrogens is 3. The average Bonchev–Trinajstić information content (AvgIpc) is 2.89.